The summed E-state index contributed by atoms with van der Waals surface area (Å²) >= 11 is 0. The van der Waals surface area contributed by atoms with Gasteiger partial charge < -0.3 is 20.3 Å². The van der Waals surface area contributed by atoms with Crippen LogP contribution in [0.3, 0.4) is 0 Å². The van der Waals surface area contributed by atoms with Gasteiger partial charge in [0.15, 0.2) is 0 Å². The lowest BCUT2D eigenvalue weighted by Gasteiger charge is -2.30. The maximum Gasteiger partial charge on any atom is 0.274 e. The highest BCUT2D eigenvalue weighted by Crippen LogP contribution is 2.26. The molecule has 2 heterocycles. The van der Waals surface area contributed by atoms with Gasteiger partial charge in [0.1, 0.15) is 17.3 Å². The first kappa shape index (κ1) is 19.1. The Hall–Kier alpha value is -2.67. The number of amides is 1. The molecule has 7 heteroatoms. The van der Waals surface area contributed by atoms with Gasteiger partial charge >= 0.3 is 0 Å². The standard InChI is InChI=1S/C20H27N5O2/c1-14(2)13-21-19-12-17(22-15(3)23-19)20(26)24-16-6-4-5-7-18(16)25-8-10-27-11-9-25/h4-7,12,14H,8-11,13H2,1-3H3,(H,24,26)(H,21,22,23). The Morgan fingerprint density at radius 1 is 1.22 bits per heavy atom. The van der Waals surface area contributed by atoms with Crippen LogP contribution >= 0.6 is 0 Å². The molecule has 2 aromatic rings. The summed E-state index contributed by atoms with van der Waals surface area (Å²) in [7, 11) is 0. The molecule has 27 heavy (non-hydrogen) atoms. The molecule has 7 nitrogen and oxygen atoms in total. The first-order valence-corrected chi connectivity index (χ1v) is 9.35. The number of aryl methyl sites for hydroxylation is 1. The van der Waals surface area contributed by atoms with E-state index in [1.807, 2.05) is 24.3 Å². The largest absolute Gasteiger partial charge is 0.378 e. The number of ether oxygens (including phenoxy) is 1. The minimum Gasteiger partial charge on any atom is -0.378 e. The average molecular weight is 369 g/mol. The highest BCUT2D eigenvalue weighted by Gasteiger charge is 2.17. The Kier molecular flexibility index (Phi) is 6.24. The van der Waals surface area contributed by atoms with E-state index in [4.69, 9.17) is 4.74 Å². The van der Waals surface area contributed by atoms with Crippen molar-refractivity contribution < 1.29 is 9.53 Å². The van der Waals surface area contributed by atoms with Crippen molar-refractivity contribution in [1.82, 2.24) is 9.97 Å². The lowest BCUT2D eigenvalue weighted by molar-refractivity contribution is 0.102. The number of para-hydroxylation sites is 2. The summed E-state index contributed by atoms with van der Waals surface area (Å²) in [5.74, 6) is 1.48. The molecule has 1 aromatic heterocycles. The number of morpholine rings is 1. The minimum absolute atomic E-state index is 0.242. The predicted molar refractivity (Wildman–Crippen MR) is 108 cm³/mol. The summed E-state index contributed by atoms with van der Waals surface area (Å²) in [6.07, 6.45) is 0. The Labute approximate surface area is 160 Å². The molecule has 2 N–H and O–H groups in total. The number of rotatable bonds is 6. The second kappa shape index (κ2) is 8.81. The highest BCUT2D eigenvalue weighted by atomic mass is 16.5. The van der Waals surface area contributed by atoms with Crippen molar-refractivity contribution in [2.75, 3.05) is 48.4 Å². The van der Waals surface area contributed by atoms with Crippen LogP contribution in [0.4, 0.5) is 17.2 Å². The molecule has 0 spiro atoms. The van der Waals surface area contributed by atoms with Gasteiger partial charge in [0.05, 0.1) is 24.6 Å². The van der Waals surface area contributed by atoms with E-state index >= 15 is 0 Å². The lowest BCUT2D eigenvalue weighted by Crippen LogP contribution is -2.36. The van der Waals surface area contributed by atoms with E-state index in [1.54, 1.807) is 13.0 Å². The number of hydrogen-bond donors (Lipinski definition) is 2. The normalized spacial score (nSPS) is 14.3. The van der Waals surface area contributed by atoms with E-state index in [2.05, 4.69) is 39.3 Å². The van der Waals surface area contributed by atoms with Crippen LogP contribution in [0.25, 0.3) is 0 Å². The summed E-state index contributed by atoms with van der Waals surface area (Å²) < 4.78 is 5.42. The van der Waals surface area contributed by atoms with Crippen molar-refractivity contribution in [2.45, 2.75) is 20.8 Å². The van der Waals surface area contributed by atoms with Crippen molar-refractivity contribution in [3.8, 4) is 0 Å². The molecule has 1 saturated heterocycles. The molecule has 3 rings (SSSR count). The molecule has 1 aliphatic rings. The molecule has 0 unspecified atom stereocenters. The number of hydrogen-bond acceptors (Lipinski definition) is 6. The molecule has 1 amide bonds. The third-order valence-corrected chi connectivity index (χ3v) is 4.27. The fraction of sp³-hybridized carbons (Fsp3) is 0.450. The Morgan fingerprint density at radius 3 is 2.70 bits per heavy atom. The van der Waals surface area contributed by atoms with Gasteiger partial charge in [-0.15, -0.1) is 0 Å². The summed E-state index contributed by atoms with van der Waals surface area (Å²) in [5, 5.41) is 6.26. The van der Waals surface area contributed by atoms with Gasteiger partial charge in [-0.05, 0) is 25.0 Å². The molecular formula is C20H27N5O2. The fourth-order valence-electron chi connectivity index (χ4n) is 2.93. The molecular weight excluding hydrogens is 342 g/mol. The van der Waals surface area contributed by atoms with Crippen LogP contribution in [0.1, 0.15) is 30.2 Å². The van der Waals surface area contributed by atoms with Crippen LogP contribution < -0.4 is 15.5 Å². The van der Waals surface area contributed by atoms with Crippen LogP contribution in [0.2, 0.25) is 0 Å². The zero-order valence-electron chi connectivity index (χ0n) is 16.2. The molecule has 0 aliphatic carbocycles. The number of carbonyl (C=O) groups is 1. The molecule has 144 valence electrons. The van der Waals surface area contributed by atoms with E-state index in [-0.39, 0.29) is 5.91 Å². The quantitative estimate of drug-likeness (QED) is 0.815. The number of anilines is 3. The molecule has 1 aromatic carbocycles. The minimum atomic E-state index is -0.242. The summed E-state index contributed by atoms with van der Waals surface area (Å²) in [4.78, 5) is 23.7. The maximum absolute atomic E-state index is 12.8. The van der Waals surface area contributed by atoms with Crippen molar-refractivity contribution >= 4 is 23.1 Å². The molecule has 0 radical (unpaired) electrons. The first-order chi connectivity index (χ1) is 13.0. The van der Waals surface area contributed by atoms with Crippen molar-refractivity contribution in [3.63, 3.8) is 0 Å². The van der Waals surface area contributed by atoms with Crippen LogP contribution in [-0.2, 0) is 4.74 Å². The topological polar surface area (TPSA) is 79.4 Å². The second-order valence-corrected chi connectivity index (χ2v) is 7.03. The predicted octanol–water partition coefficient (Wildman–Crippen LogP) is 2.94. The van der Waals surface area contributed by atoms with E-state index in [9.17, 15) is 4.79 Å². The van der Waals surface area contributed by atoms with E-state index < -0.39 is 0 Å². The number of aromatic nitrogens is 2. The number of benzene rings is 1. The van der Waals surface area contributed by atoms with Gasteiger partial charge in [0, 0.05) is 25.7 Å². The van der Waals surface area contributed by atoms with Crippen LogP contribution in [-0.4, -0.2) is 48.7 Å². The number of nitrogens with one attached hydrogen (secondary N) is 2. The van der Waals surface area contributed by atoms with Crippen molar-refractivity contribution in [1.29, 1.82) is 0 Å². The zero-order valence-corrected chi connectivity index (χ0v) is 16.2. The van der Waals surface area contributed by atoms with Gasteiger partial charge in [0.2, 0.25) is 0 Å². The molecule has 1 fully saturated rings. The van der Waals surface area contributed by atoms with E-state index in [1.165, 1.54) is 0 Å². The highest BCUT2D eigenvalue weighted by molar-refractivity contribution is 6.05. The third-order valence-electron chi connectivity index (χ3n) is 4.27. The van der Waals surface area contributed by atoms with Gasteiger partial charge in [-0.25, -0.2) is 9.97 Å². The summed E-state index contributed by atoms with van der Waals surface area (Å²) in [6.45, 7) is 9.83. The zero-order chi connectivity index (χ0) is 19.2. The van der Waals surface area contributed by atoms with Crippen molar-refractivity contribution in [2.24, 2.45) is 5.92 Å². The average Bonchev–Trinajstić information content (AvgIpc) is 2.67. The summed E-state index contributed by atoms with van der Waals surface area (Å²) in [5.41, 5.74) is 2.13. The summed E-state index contributed by atoms with van der Waals surface area (Å²) in [6, 6.07) is 9.52. The Morgan fingerprint density at radius 2 is 1.96 bits per heavy atom. The van der Waals surface area contributed by atoms with Crippen LogP contribution in [0, 0.1) is 12.8 Å². The van der Waals surface area contributed by atoms with E-state index in [0.717, 1.165) is 31.0 Å². The van der Waals surface area contributed by atoms with Gasteiger partial charge in [-0.2, -0.15) is 0 Å². The SMILES string of the molecule is Cc1nc(NCC(C)C)cc(C(=O)Nc2ccccc2N2CCOCC2)n1. The monoisotopic (exact) mass is 369 g/mol. The molecule has 0 atom stereocenters. The molecule has 0 saturated carbocycles. The van der Waals surface area contributed by atoms with Crippen molar-refractivity contribution in [3.05, 3.63) is 41.9 Å². The smallest absolute Gasteiger partial charge is 0.274 e. The van der Waals surface area contributed by atoms with E-state index in [0.29, 0.717) is 36.5 Å². The molecule has 0 bridgehead atoms. The van der Waals surface area contributed by atoms with Gasteiger partial charge in [-0.1, -0.05) is 26.0 Å². The molecule has 1 aliphatic heterocycles. The van der Waals surface area contributed by atoms with Crippen LogP contribution in [0.15, 0.2) is 30.3 Å². The van der Waals surface area contributed by atoms with Gasteiger partial charge in [0.25, 0.3) is 5.91 Å². The number of nitrogens with zero attached hydrogens (tertiary/aromatic N) is 3. The second-order valence-electron chi connectivity index (χ2n) is 7.03. The van der Waals surface area contributed by atoms with Gasteiger partial charge in [-0.3, -0.25) is 4.79 Å². The third kappa shape index (κ3) is 5.17. The lowest BCUT2D eigenvalue weighted by atomic mass is 10.2. The first-order valence-electron chi connectivity index (χ1n) is 9.35. The Bertz CT molecular complexity index is 788. The fourth-order valence-corrected chi connectivity index (χ4v) is 2.93. The van der Waals surface area contributed by atoms with Crippen LogP contribution in [0.5, 0.6) is 0 Å². The number of carbonyl (C=O) groups excluding carboxylic acids is 1. The maximum atomic E-state index is 12.8. The Balaban J connectivity index is 1.77.